The summed E-state index contributed by atoms with van der Waals surface area (Å²) in [6, 6.07) is 8.43. The van der Waals surface area contributed by atoms with E-state index in [0.717, 1.165) is 0 Å². The molecule has 0 saturated heterocycles. The van der Waals surface area contributed by atoms with Crippen LogP contribution < -0.4 is 5.32 Å². The van der Waals surface area contributed by atoms with Crippen LogP contribution in [0, 0.1) is 11.3 Å². The molecule has 1 atom stereocenters. The van der Waals surface area contributed by atoms with Gasteiger partial charge in [-0.25, -0.2) is 4.79 Å². The first-order chi connectivity index (χ1) is 9.56. The van der Waals surface area contributed by atoms with Crippen molar-refractivity contribution in [3.63, 3.8) is 0 Å². The fraction of sp³-hybridized carbons (Fsp3) is 0.357. The molecular weight excluding hydrogens is 260 g/mol. The van der Waals surface area contributed by atoms with Crippen molar-refractivity contribution < 1.29 is 19.1 Å². The third kappa shape index (κ3) is 5.08. The smallest absolute Gasteiger partial charge is 0.332 e. The number of hydrogen-bond donors (Lipinski definition) is 1. The van der Waals surface area contributed by atoms with Crippen LogP contribution in [-0.2, 0) is 19.1 Å². The van der Waals surface area contributed by atoms with Gasteiger partial charge < -0.3 is 14.8 Å². The number of benzene rings is 1. The molecule has 1 N–H and O–H groups in total. The number of nitrogens with one attached hydrogen (secondary N) is 1. The lowest BCUT2D eigenvalue weighted by Crippen LogP contribution is -2.31. The summed E-state index contributed by atoms with van der Waals surface area (Å²) in [6.07, 6.45) is -0.936. The highest BCUT2D eigenvalue weighted by Crippen LogP contribution is 2.10. The van der Waals surface area contributed by atoms with E-state index >= 15 is 0 Å². The average Bonchev–Trinajstić information content (AvgIpc) is 2.45. The Morgan fingerprint density at radius 1 is 1.45 bits per heavy atom. The zero-order valence-electron chi connectivity index (χ0n) is 11.4. The van der Waals surface area contributed by atoms with Gasteiger partial charge in [-0.1, -0.05) is 6.07 Å². The fourth-order valence-corrected chi connectivity index (χ4v) is 1.38. The van der Waals surface area contributed by atoms with Gasteiger partial charge in [-0.2, -0.15) is 5.26 Å². The first-order valence-electron chi connectivity index (χ1n) is 6.15. The molecule has 106 valence electrons. The van der Waals surface area contributed by atoms with Crippen LogP contribution in [0.2, 0.25) is 0 Å². The number of carbonyl (C=O) groups excluding carboxylic acids is 2. The van der Waals surface area contributed by atoms with Crippen LogP contribution >= 0.6 is 0 Å². The fourth-order valence-electron chi connectivity index (χ4n) is 1.38. The molecular formula is C14H16N2O4. The van der Waals surface area contributed by atoms with Crippen molar-refractivity contribution >= 4 is 17.6 Å². The van der Waals surface area contributed by atoms with Gasteiger partial charge in [0.1, 0.15) is 6.61 Å². The highest BCUT2D eigenvalue weighted by molar-refractivity contribution is 5.95. The summed E-state index contributed by atoms with van der Waals surface area (Å²) in [4.78, 5) is 23.1. The van der Waals surface area contributed by atoms with E-state index < -0.39 is 18.0 Å². The molecule has 0 radical (unpaired) electrons. The van der Waals surface area contributed by atoms with Gasteiger partial charge in [0.25, 0.3) is 5.91 Å². The van der Waals surface area contributed by atoms with Crippen molar-refractivity contribution in [2.24, 2.45) is 0 Å². The summed E-state index contributed by atoms with van der Waals surface area (Å²) in [7, 11) is 0. The van der Waals surface area contributed by atoms with Gasteiger partial charge in [0.05, 0.1) is 11.6 Å². The molecule has 6 nitrogen and oxygen atoms in total. The first kappa shape index (κ1) is 15.7. The number of carbonyl (C=O) groups is 2. The van der Waals surface area contributed by atoms with Crippen molar-refractivity contribution in [2.45, 2.75) is 20.0 Å². The second kappa shape index (κ2) is 7.92. The first-order valence-corrected chi connectivity index (χ1v) is 6.15. The molecule has 0 saturated carbocycles. The maximum atomic E-state index is 11.8. The number of nitrogens with zero attached hydrogens (tertiary/aromatic N) is 1. The van der Waals surface area contributed by atoms with Crippen LogP contribution in [0.1, 0.15) is 19.4 Å². The Kier molecular flexibility index (Phi) is 6.20. The molecule has 0 heterocycles. The number of anilines is 1. The van der Waals surface area contributed by atoms with Gasteiger partial charge in [-0.05, 0) is 32.0 Å². The highest BCUT2D eigenvalue weighted by atomic mass is 16.6. The summed E-state index contributed by atoms with van der Waals surface area (Å²) < 4.78 is 9.78. The Morgan fingerprint density at radius 2 is 2.20 bits per heavy atom. The Labute approximate surface area is 117 Å². The summed E-state index contributed by atoms with van der Waals surface area (Å²) >= 11 is 0. The van der Waals surface area contributed by atoms with Gasteiger partial charge >= 0.3 is 5.97 Å². The van der Waals surface area contributed by atoms with Crippen molar-refractivity contribution in [1.82, 2.24) is 0 Å². The molecule has 1 aromatic carbocycles. The Morgan fingerprint density at radius 3 is 2.85 bits per heavy atom. The maximum absolute atomic E-state index is 11.8. The highest BCUT2D eigenvalue weighted by Gasteiger charge is 2.17. The third-order valence-electron chi connectivity index (χ3n) is 2.36. The number of hydrogen-bond acceptors (Lipinski definition) is 5. The molecule has 0 unspecified atom stereocenters. The number of nitriles is 1. The minimum absolute atomic E-state index is 0.183. The lowest BCUT2D eigenvalue weighted by molar-refractivity contribution is -0.157. The average molecular weight is 276 g/mol. The van der Waals surface area contributed by atoms with Gasteiger partial charge in [0, 0.05) is 12.3 Å². The summed E-state index contributed by atoms with van der Waals surface area (Å²) in [6.45, 7) is 3.44. The summed E-state index contributed by atoms with van der Waals surface area (Å²) in [5, 5.41) is 11.3. The van der Waals surface area contributed by atoms with Crippen molar-refractivity contribution in [3.8, 4) is 6.07 Å². The van der Waals surface area contributed by atoms with E-state index in [1.165, 1.54) is 13.0 Å². The van der Waals surface area contributed by atoms with E-state index in [-0.39, 0.29) is 6.61 Å². The van der Waals surface area contributed by atoms with Crippen LogP contribution in [0.15, 0.2) is 24.3 Å². The van der Waals surface area contributed by atoms with Gasteiger partial charge in [-0.15, -0.1) is 0 Å². The molecule has 20 heavy (non-hydrogen) atoms. The van der Waals surface area contributed by atoms with E-state index in [1.54, 1.807) is 25.1 Å². The van der Waals surface area contributed by atoms with E-state index in [4.69, 9.17) is 14.7 Å². The summed E-state index contributed by atoms with van der Waals surface area (Å²) in [5.74, 6) is -1.06. The molecule has 0 bridgehead atoms. The molecule has 1 rings (SSSR count). The molecule has 0 aliphatic rings. The Bertz CT molecular complexity index is 522. The quantitative estimate of drug-likeness (QED) is 0.795. The molecule has 0 spiro atoms. The Balaban J connectivity index is 2.53. The molecule has 0 aliphatic heterocycles. The third-order valence-corrected chi connectivity index (χ3v) is 2.36. The number of esters is 1. The normalized spacial score (nSPS) is 11.2. The maximum Gasteiger partial charge on any atom is 0.332 e. The topological polar surface area (TPSA) is 88.4 Å². The van der Waals surface area contributed by atoms with Crippen LogP contribution in [-0.4, -0.2) is 31.2 Å². The molecule has 0 aliphatic carbocycles. The van der Waals surface area contributed by atoms with Crippen LogP contribution in [0.5, 0.6) is 0 Å². The molecule has 0 fully saturated rings. The zero-order chi connectivity index (χ0) is 15.0. The van der Waals surface area contributed by atoms with Crippen LogP contribution in [0.3, 0.4) is 0 Å². The number of amides is 1. The van der Waals surface area contributed by atoms with Gasteiger partial charge in [0.15, 0.2) is 6.10 Å². The van der Waals surface area contributed by atoms with Crippen molar-refractivity contribution in [2.75, 3.05) is 18.5 Å². The predicted octanol–water partition coefficient (Wildman–Crippen LogP) is 1.46. The largest absolute Gasteiger partial charge is 0.451 e. The summed E-state index contributed by atoms with van der Waals surface area (Å²) in [5.41, 5.74) is 0.908. The lowest BCUT2D eigenvalue weighted by atomic mass is 10.2. The minimum atomic E-state index is -0.936. The van der Waals surface area contributed by atoms with Crippen molar-refractivity contribution in [1.29, 1.82) is 5.26 Å². The predicted molar refractivity (Wildman–Crippen MR) is 71.8 cm³/mol. The number of ether oxygens (including phenoxy) is 2. The molecule has 1 amide bonds. The zero-order valence-corrected chi connectivity index (χ0v) is 11.4. The van der Waals surface area contributed by atoms with E-state index in [1.807, 2.05) is 6.07 Å². The SMILES string of the molecule is CCOCC(=O)O[C@H](C)C(=O)Nc1cccc(C#N)c1. The molecule has 0 aromatic heterocycles. The molecule has 6 heteroatoms. The van der Waals surface area contributed by atoms with E-state index in [9.17, 15) is 9.59 Å². The monoisotopic (exact) mass is 276 g/mol. The second-order valence-electron chi connectivity index (χ2n) is 3.95. The molecule has 1 aromatic rings. The second-order valence-corrected chi connectivity index (χ2v) is 3.95. The van der Waals surface area contributed by atoms with Gasteiger partial charge in [0.2, 0.25) is 0 Å². The minimum Gasteiger partial charge on any atom is -0.451 e. The van der Waals surface area contributed by atoms with E-state index in [0.29, 0.717) is 17.9 Å². The lowest BCUT2D eigenvalue weighted by Gasteiger charge is -2.13. The van der Waals surface area contributed by atoms with Crippen LogP contribution in [0.4, 0.5) is 5.69 Å². The van der Waals surface area contributed by atoms with Gasteiger partial charge in [-0.3, -0.25) is 4.79 Å². The standard InChI is InChI=1S/C14H16N2O4/c1-3-19-9-13(17)20-10(2)14(18)16-12-6-4-5-11(7-12)8-15/h4-7,10H,3,9H2,1-2H3,(H,16,18)/t10-/m1/s1. The van der Waals surface area contributed by atoms with E-state index in [2.05, 4.69) is 5.32 Å². The van der Waals surface area contributed by atoms with Crippen molar-refractivity contribution in [3.05, 3.63) is 29.8 Å². The Hall–Kier alpha value is -2.39. The number of rotatable bonds is 6. The van der Waals surface area contributed by atoms with Crippen LogP contribution in [0.25, 0.3) is 0 Å².